The Balaban J connectivity index is 2.13. The number of hydrogen-bond donors (Lipinski definition) is 1. The molecule has 1 aromatic heterocycles. The van der Waals surface area contributed by atoms with Crippen molar-refractivity contribution in [1.29, 1.82) is 0 Å². The van der Waals surface area contributed by atoms with Gasteiger partial charge in [-0.25, -0.2) is 9.97 Å². The van der Waals surface area contributed by atoms with Crippen LogP contribution in [0.3, 0.4) is 0 Å². The monoisotopic (exact) mass is 277 g/mol. The van der Waals surface area contributed by atoms with Crippen LogP contribution in [0.15, 0.2) is 12.3 Å². The Hall–Kier alpha value is -1.98. The molecule has 1 aliphatic rings. The van der Waals surface area contributed by atoms with Gasteiger partial charge in [0.1, 0.15) is 11.5 Å². The van der Waals surface area contributed by atoms with Crippen molar-refractivity contribution in [3.05, 3.63) is 23.8 Å². The summed E-state index contributed by atoms with van der Waals surface area (Å²) >= 11 is 0. The number of carboxylic acids is 1. The molecule has 0 aliphatic heterocycles. The van der Waals surface area contributed by atoms with Gasteiger partial charge in [-0.1, -0.05) is 0 Å². The van der Waals surface area contributed by atoms with Gasteiger partial charge in [0.25, 0.3) is 5.91 Å². The van der Waals surface area contributed by atoms with Gasteiger partial charge in [-0.05, 0) is 32.8 Å². The highest BCUT2D eigenvalue weighted by molar-refractivity contribution is 5.92. The summed E-state index contributed by atoms with van der Waals surface area (Å²) in [5.74, 6) is -0.0394. The van der Waals surface area contributed by atoms with Crippen molar-refractivity contribution in [2.75, 3.05) is 6.54 Å². The molecule has 1 aromatic rings. The molecule has 108 valence electrons. The zero-order valence-electron chi connectivity index (χ0n) is 11.7. The maximum absolute atomic E-state index is 12.4. The second kappa shape index (κ2) is 5.98. The predicted octanol–water partition coefficient (Wildman–Crippen LogP) is 1.68. The number of carboxylic acid groups (broad SMARTS) is 1. The van der Waals surface area contributed by atoms with Gasteiger partial charge in [0.2, 0.25) is 0 Å². The molecule has 2 rings (SSSR count). The van der Waals surface area contributed by atoms with Crippen LogP contribution >= 0.6 is 0 Å². The first kappa shape index (κ1) is 14.4. The summed E-state index contributed by atoms with van der Waals surface area (Å²) in [6.45, 7) is 3.92. The van der Waals surface area contributed by atoms with Crippen LogP contribution in [0.4, 0.5) is 0 Å². The van der Waals surface area contributed by atoms with Gasteiger partial charge in [-0.15, -0.1) is 0 Å². The molecule has 0 radical (unpaired) electrons. The quantitative estimate of drug-likeness (QED) is 0.855. The molecule has 1 fully saturated rings. The number of rotatable bonds is 6. The van der Waals surface area contributed by atoms with Crippen molar-refractivity contribution in [3.8, 4) is 0 Å². The highest BCUT2D eigenvalue weighted by Gasteiger charge is 2.28. The number of nitrogens with zero attached hydrogens (tertiary/aromatic N) is 3. The van der Waals surface area contributed by atoms with Crippen LogP contribution in [0.1, 0.15) is 55.3 Å². The SMILES string of the molecule is CC(C)N(CCC(=O)O)C(=O)c1ccnc(C2CC2)n1. The smallest absolute Gasteiger partial charge is 0.305 e. The third-order valence-electron chi connectivity index (χ3n) is 3.29. The molecule has 0 atom stereocenters. The Morgan fingerprint density at radius 2 is 2.15 bits per heavy atom. The van der Waals surface area contributed by atoms with E-state index < -0.39 is 5.97 Å². The molecule has 0 unspecified atom stereocenters. The van der Waals surface area contributed by atoms with Crippen LogP contribution in [0.2, 0.25) is 0 Å². The summed E-state index contributed by atoms with van der Waals surface area (Å²) in [6.07, 6.45) is 3.68. The number of aliphatic carboxylic acids is 1. The fourth-order valence-corrected chi connectivity index (χ4v) is 1.99. The van der Waals surface area contributed by atoms with E-state index in [0.717, 1.165) is 18.7 Å². The second-order valence-electron chi connectivity index (χ2n) is 5.31. The van der Waals surface area contributed by atoms with Gasteiger partial charge in [-0.2, -0.15) is 0 Å². The maximum atomic E-state index is 12.4. The molecule has 0 saturated heterocycles. The van der Waals surface area contributed by atoms with E-state index in [1.807, 2.05) is 13.8 Å². The molecular weight excluding hydrogens is 258 g/mol. The van der Waals surface area contributed by atoms with E-state index >= 15 is 0 Å². The van der Waals surface area contributed by atoms with Gasteiger partial charge < -0.3 is 10.0 Å². The normalized spacial score (nSPS) is 14.3. The third kappa shape index (κ3) is 3.53. The van der Waals surface area contributed by atoms with E-state index in [4.69, 9.17) is 5.11 Å². The predicted molar refractivity (Wildman–Crippen MR) is 72.4 cm³/mol. The van der Waals surface area contributed by atoms with Crippen LogP contribution in [0.5, 0.6) is 0 Å². The van der Waals surface area contributed by atoms with E-state index in [9.17, 15) is 9.59 Å². The zero-order chi connectivity index (χ0) is 14.7. The summed E-state index contributed by atoms with van der Waals surface area (Å²) in [6, 6.07) is 1.52. The van der Waals surface area contributed by atoms with Crippen molar-refractivity contribution in [1.82, 2.24) is 14.9 Å². The molecule has 1 heterocycles. The molecule has 20 heavy (non-hydrogen) atoms. The first-order valence-corrected chi connectivity index (χ1v) is 6.84. The highest BCUT2D eigenvalue weighted by atomic mass is 16.4. The van der Waals surface area contributed by atoms with E-state index in [0.29, 0.717) is 11.6 Å². The average Bonchev–Trinajstić information content (AvgIpc) is 3.22. The first-order chi connectivity index (χ1) is 9.49. The Morgan fingerprint density at radius 3 is 2.70 bits per heavy atom. The average molecular weight is 277 g/mol. The van der Waals surface area contributed by atoms with Crippen LogP contribution in [-0.2, 0) is 4.79 Å². The zero-order valence-corrected chi connectivity index (χ0v) is 11.7. The molecule has 0 aromatic carbocycles. The standard InChI is InChI=1S/C14H19N3O3/c1-9(2)17(8-6-12(18)19)14(20)11-5-7-15-13(16-11)10-3-4-10/h5,7,9-10H,3-4,6,8H2,1-2H3,(H,18,19). The summed E-state index contributed by atoms with van der Waals surface area (Å²) in [7, 11) is 0. The van der Waals surface area contributed by atoms with Crippen molar-refractivity contribution in [3.63, 3.8) is 0 Å². The third-order valence-corrected chi connectivity index (χ3v) is 3.29. The van der Waals surface area contributed by atoms with Crippen molar-refractivity contribution < 1.29 is 14.7 Å². The number of carbonyl (C=O) groups excluding carboxylic acids is 1. The van der Waals surface area contributed by atoms with Crippen LogP contribution < -0.4 is 0 Å². The lowest BCUT2D eigenvalue weighted by molar-refractivity contribution is -0.137. The molecule has 0 bridgehead atoms. The minimum absolute atomic E-state index is 0.0650. The number of aromatic nitrogens is 2. The molecule has 1 saturated carbocycles. The fourth-order valence-electron chi connectivity index (χ4n) is 1.99. The fraction of sp³-hybridized carbons (Fsp3) is 0.571. The molecular formula is C14H19N3O3. The van der Waals surface area contributed by atoms with Crippen LogP contribution in [-0.4, -0.2) is 44.4 Å². The van der Waals surface area contributed by atoms with Gasteiger partial charge >= 0.3 is 5.97 Å². The Kier molecular flexibility index (Phi) is 4.32. The summed E-state index contributed by atoms with van der Waals surface area (Å²) in [5.41, 5.74) is 0.348. The Morgan fingerprint density at radius 1 is 1.45 bits per heavy atom. The second-order valence-corrected chi connectivity index (χ2v) is 5.31. The van der Waals surface area contributed by atoms with E-state index in [-0.39, 0.29) is 24.9 Å². The van der Waals surface area contributed by atoms with E-state index in [2.05, 4.69) is 9.97 Å². The van der Waals surface area contributed by atoms with Gasteiger partial charge in [-0.3, -0.25) is 9.59 Å². The highest BCUT2D eigenvalue weighted by Crippen LogP contribution is 2.37. The maximum Gasteiger partial charge on any atom is 0.305 e. The van der Waals surface area contributed by atoms with Gasteiger partial charge in [0, 0.05) is 24.7 Å². The molecule has 1 amide bonds. The summed E-state index contributed by atoms with van der Waals surface area (Å²) in [5, 5.41) is 8.76. The van der Waals surface area contributed by atoms with Crippen molar-refractivity contribution in [2.24, 2.45) is 0 Å². The topological polar surface area (TPSA) is 83.4 Å². The van der Waals surface area contributed by atoms with Gasteiger partial charge in [0.05, 0.1) is 6.42 Å². The van der Waals surface area contributed by atoms with Gasteiger partial charge in [0.15, 0.2) is 0 Å². The number of hydrogen-bond acceptors (Lipinski definition) is 4. The lowest BCUT2D eigenvalue weighted by atomic mass is 10.2. The molecule has 6 heteroatoms. The Labute approximate surface area is 117 Å². The van der Waals surface area contributed by atoms with E-state index in [1.54, 1.807) is 12.3 Å². The molecule has 1 N–H and O–H groups in total. The lowest BCUT2D eigenvalue weighted by Gasteiger charge is -2.25. The number of carbonyl (C=O) groups is 2. The molecule has 6 nitrogen and oxygen atoms in total. The minimum atomic E-state index is -0.912. The van der Waals surface area contributed by atoms with E-state index in [1.165, 1.54) is 4.90 Å². The first-order valence-electron chi connectivity index (χ1n) is 6.84. The largest absolute Gasteiger partial charge is 0.481 e. The lowest BCUT2D eigenvalue weighted by Crippen LogP contribution is -2.39. The molecule has 0 spiro atoms. The molecule has 1 aliphatic carbocycles. The van der Waals surface area contributed by atoms with Crippen LogP contribution in [0, 0.1) is 0 Å². The minimum Gasteiger partial charge on any atom is -0.481 e. The van der Waals surface area contributed by atoms with Crippen molar-refractivity contribution >= 4 is 11.9 Å². The van der Waals surface area contributed by atoms with Crippen molar-refractivity contribution in [2.45, 2.75) is 45.1 Å². The number of amides is 1. The van der Waals surface area contributed by atoms with Crippen LogP contribution in [0.25, 0.3) is 0 Å². The summed E-state index contributed by atoms with van der Waals surface area (Å²) in [4.78, 5) is 33.1. The Bertz CT molecular complexity index is 512. The summed E-state index contributed by atoms with van der Waals surface area (Å²) < 4.78 is 0.